The zero-order valence-corrected chi connectivity index (χ0v) is 11.0. The molecule has 3 rings (SSSR count). The van der Waals surface area contributed by atoms with Gasteiger partial charge in [-0.1, -0.05) is 0 Å². The summed E-state index contributed by atoms with van der Waals surface area (Å²) in [4.78, 5) is 0. The minimum Gasteiger partial charge on any atom is -0.390 e. The molecule has 3 saturated carbocycles. The van der Waals surface area contributed by atoms with Crippen molar-refractivity contribution in [2.24, 2.45) is 11.8 Å². The third-order valence-corrected chi connectivity index (χ3v) is 5.07. The summed E-state index contributed by atoms with van der Waals surface area (Å²) in [6.45, 7) is 2.94. The van der Waals surface area contributed by atoms with E-state index in [1.54, 1.807) is 0 Å². The van der Waals surface area contributed by atoms with E-state index in [-0.39, 0.29) is 5.54 Å². The molecule has 3 fully saturated rings. The number of hydrogen-bond acceptors (Lipinski definition) is 3. The molecule has 2 N–H and O–H groups in total. The van der Waals surface area contributed by atoms with Crippen molar-refractivity contribution in [2.45, 2.75) is 62.7 Å². The van der Waals surface area contributed by atoms with Crippen LogP contribution in [0.3, 0.4) is 0 Å². The number of hydrogen-bond donors (Lipinski definition) is 2. The first-order chi connectivity index (χ1) is 8.03. The Balaban J connectivity index is 1.61. The maximum Gasteiger partial charge on any atom is 0.0640 e. The summed E-state index contributed by atoms with van der Waals surface area (Å²) in [5, 5.41) is 13.7. The van der Waals surface area contributed by atoms with Gasteiger partial charge in [0.1, 0.15) is 0 Å². The van der Waals surface area contributed by atoms with Crippen LogP contribution in [0.1, 0.15) is 45.4 Å². The van der Waals surface area contributed by atoms with Gasteiger partial charge in [0.05, 0.1) is 11.7 Å². The fourth-order valence-electron chi connectivity index (χ4n) is 4.06. The molecule has 98 valence electrons. The number of aliphatic hydroxyl groups is 1. The normalized spacial score (nSPS) is 49.6. The Morgan fingerprint density at radius 3 is 2.71 bits per heavy atom. The van der Waals surface area contributed by atoms with Gasteiger partial charge in [-0.25, -0.2) is 0 Å². The van der Waals surface area contributed by atoms with Crippen LogP contribution in [-0.4, -0.2) is 36.0 Å². The Hall–Kier alpha value is -0.120. The molecule has 0 radical (unpaired) electrons. The lowest BCUT2D eigenvalue weighted by molar-refractivity contribution is 0.0201. The van der Waals surface area contributed by atoms with Crippen molar-refractivity contribution in [3.8, 4) is 0 Å². The van der Waals surface area contributed by atoms with E-state index in [1.165, 1.54) is 12.8 Å². The predicted molar refractivity (Wildman–Crippen MR) is 66.8 cm³/mol. The average molecular weight is 239 g/mol. The summed E-state index contributed by atoms with van der Waals surface area (Å²) in [5.74, 6) is 1.44. The first-order valence-electron chi connectivity index (χ1n) is 7.06. The second kappa shape index (κ2) is 3.94. The maximum atomic E-state index is 10.2. The summed E-state index contributed by atoms with van der Waals surface area (Å²) >= 11 is 0. The quantitative estimate of drug-likeness (QED) is 0.784. The fraction of sp³-hybridized carbons (Fsp3) is 1.00. The van der Waals surface area contributed by atoms with E-state index in [1.807, 2.05) is 14.0 Å². The average Bonchev–Trinajstić information content (AvgIpc) is 2.96. The minimum atomic E-state index is -0.477. The Labute approximate surface area is 104 Å². The van der Waals surface area contributed by atoms with Gasteiger partial charge in [-0.2, -0.15) is 0 Å². The molecule has 17 heavy (non-hydrogen) atoms. The molecule has 0 bridgehead atoms. The van der Waals surface area contributed by atoms with E-state index >= 15 is 0 Å². The van der Waals surface area contributed by atoms with Crippen LogP contribution >= 0.6 is 0 Å². The lowest BCUT2D eigenvalue weighted by atomic mass is 9.90. The van der Waals surface area contributed by atoms with Crippen LogP contribution in [0.2, 0.25) is 0 Å². The maximum absolute atomic E-state index is 10.2. The van der Waals surface area contributed by atoms with E-state index in [2.05, 4.69) is 5.32 Å². The second-order valence-corrected chi connectivity index (χ2v) is 6.82. The number of fused-ring (bicyclic) bond motifs is 1. The molecule has 0 aliphatic heterocycles. The van der Waals surface area contributed by atoms with Crippen molar-refractivity contribution < 1.29 is 9.84 Å². The Bertz CT molecular complexity index is 301. The van der Waals surface area contributed by atoms with Crippen LogP contribution in [0.25, 0.3) is 0 Å². The molecule has 0 saturated heterocycles. The molecule has 0 spiro atoms. The first kappa shape index (κ1) is 11.9. The molecule has 0 amide bonds. The molecule has 3 nitrogen and oxygen atoms in total. The molecule has 0 aromatic carbocycles. The highest BCUT2D eigenvalue weighted by molar-refractivity contribution is 5.12. The highest BCUT2D eigenvalue weighted by Crippen LogP contribution is 2.52. The van der Waals surface area contributed by atoms with Crippen molar-refractivity contribution in [3.63, 3.8) is 0 Å². The summed E-state index contributed by atoms with van der Waals surface area (Å²) in [5.41, 5.74) is -0.340. The minimum absolute atomic E-state index is 0.137. The van der Waals surface area contributed by atoms with Gasteiger partial charge in [-0.15, -0.1) is 0 Å². The summed E-state index contributed by atoms with van der Waals surface area (Å²) in [6, 6.07) is 0. The molecule has 3 aliphatic carbocycles. The summed E-state index contributed by atoms with van der Waals surface area (Å²) < 4.78 is 6.04. The lowest BCUT2D eigenvalue weighted by Crippen LogP contribution is -2.44. The molecule has 3 heteroatoms. The van der Waals surface area contributed by atoms with Crippen LogP contribution in [-0.2, 0) is 4.74 Å². The number of nitrogens with one attached hydrogen (secondary N) is 1. The summed E-state index contributed by atoms with van der Waals surface area (Å²) in [6.07, 6.45) is 7.16. The van der Waals surface area contributed by atoms with E-state index in [4.69, 9.17) is 4.74 Å². The van der Waals surface area contributed by atoms with Gasteiger partial charge < -0.3 is 15.2 Å². The molecule has 4 atom stereocenters. The van der Waals surface area contributed by atoms with Crippen molar-refractivity contribution in [1.82, 2.24) is 5.32 Å². The van der Waals surface area contributed by atoms with E-state index in [9.17, 15) is 5.11 Å². The number of ether oxygens (including phenoxy) is 1. The van der Waals surface area contributed by atoms with Crippen LogP contribution in [0.15, 0.2) is 0 Å². The van der Waals surface area contributed by atoms with Crippen LogP contribution in [0.5, 0.6) is 0 Å². The molecule has 0 aromatic heterocycles. The zero-order valence-electron chi connectivity index (χ0n) is 11.0. The smallest absolute Gasteiger partial charge is 0.0640 e. The predicted octanol–water partition coefficient (Wildman–Crippen LogP) is 1.69. The topological polar surface area (TPSA) is 41.5 Å². The van der Waals surface area contributed by atoms with Crippen molar-refractivity contribution in [3.05, 3.63) is 0 Å². The Kier molecular flexibility index (Phi) is 2.77. The van der Waals surface area contributed by atoms with Crippen molar-refractivity contribution in [1.29, 1.82) is 0 Å². The van der Waals surface area contributed by atoms with E-state index < -0.39 is 5.60 Å². The van der Waals surface area contributed by atoms with Gasteiger partial charge in [0, 0.05) is 12.1 Å². The molecule has 3 aliphatic rings. The molecular formula is C14H25NO2. The van der Waals surface area contributed by atoms with Gasteiger partial charge in [0.15, 0.2) is 0 Å². The third kappa shape index (κ3) is 2.25. The van der Waals surface area contributed by atoms with Crippen molar-refractivity contribution >= 4 is 0 Å². The standard InChI is InChI=1S/C14H25NO2/c1-13(16)6-11-5-12(17-8-10-3-4-10)7-14(11,9-13)15-2/h10-12,15-16H,3-9H2,1-2H3. The third-order valence-electron chi connectivity index (χ3n) is 5.07. The fourth-order valence-corrected chi connectivity index (χ4v) is 4.06. The van der Waals surface area contributed by atoms with Gasteiger partial charge in [0.25, 0.3) is 0 Å². The largest absolute Gasteiger partial charge is 0.390 e. The Morgan fingerprint density at radius 2 is 2.12 bits per heavy atom. The SMILES string of the molecule is CNC12CC(OCC3CC3)CC1CC(C)(O)C2. The highest BCUT2D eigenvalue weighted by atomic mass is 16.5. The van der Waals surface area contributed by atoms with E-state index in [0.29, 0.717) is 12.0 Å². The van der Waals surface area contributed by atoms with Crippen LogP contribution in [0.4, 0.5) is 0 Å². The molecular weight excluding hydrogens is 214 g/mol. The van der Waals surface area contributed by atoms with Crippen LogP contribution in [0, 0.1) is 11.8 Å². The van der Waals surface area contributed by atoms with Gasteiger partial charge >= 0.3 is 0 Å². The molecule has 4 unspecified atom stereocenters. The lowest BCUT2D eigenvalue weighted by Gasteiger charge is -2.30. The molecule has 0 heterocycles. The summed E-state index contributed by atoms with van der Waals surface area (Å²) in [7, 11) is 2.04. The van der Waals surface area contributed by atoms with Crippen LogP contribution < -0.4 is 5.32 Å². The first-order valence-corrected chi connectivity index (χ1v) is 7.06. The van der Waals surface area contributed by atoms with Gasteiger partial charge in [-0.05, 0) is 64.3 Å². The number of rotatable bonds is 4. The zero-order chi connectivity index (χ0) is 12.1. The van der Waals surface area contributed by atoms with Gasteiger partial charge in [-0.3, -0.25) is 0 Å². The Morgan fingerprint density at radius 1 is 1.35 bits per heavy atom. The van der Waals surface area contributed by atoms with Crippen molar-refractivity contribution in [2.75, 3.05) is 13.7 Å². The van der Waals surface area contributed by atoms with E-state index in [0.717, 1.165) is 38.2 Å². The second-order valence-electron chi connectivity index (χ2n) is 6.82. The molecule has 0 aromatic rings. The monoisotopic (exact) mass is 239 g/mol. The highest BCUT2D eigenvalue weighted by Gasteiger charge is 2.56. The van der Waals surface area contributed by atoms with Gasteiger partial charge in [0.2, 0.25) is 0 Å².